The third-order valence-corrected chi connectivity index (χ3v) is 4.21. The molecular formula is C13H20N2O4S. The van der Waals surface area contributed by atoms with Crippen LogP contribution < -0.4 is 10.0 Å². The second-order valence-corrected chi connectivity index (χ2v) is 6.34. The van der Waals surface area contributed by atoms with Crippen molar-refractivity contribution < 1.29 is 17.9 Å². The molecule has 0 aliphatic heterocycles. The van der Waals surface area contributed by atoms with Crippen LogP contribution in [0.1, 0.15) is 20.8 Å². The number of sulfonamides is 1. The van der Waals surface area contributed by atoms with Crippen LogP contribution >= 0.6 is 0 Å². The van der Waals surface area contributed by atoms with E-state index in [1.807, 2.05) is 0 Å². The molecule has 1 unspecified atom stereocenters. The summed E-state index contributed by atoms with van der Waals surface area (Å²) in [7, 11) is -2.35. The highest BCUT2D eigenvalue weighted by Gasteiger charge is 2.21. The van der Waals surface area contributed by atoms with E-state index in [0.29, 0.717) is 5.69 Å². The highest BCUT2D eigenvalue weighted by atomic mass is 32.2. The number of anilines is 1. The van der Waals surface area contributed by atoms with E-state index in [4.69, 9.17) is 0 Å². The minimum Gasteiger partial charge on any atom is -0.467 e. The molecule has 0 fully saturated rings. The smallest absolute Gasteiger partial charge is 0.327 e. The Kier molecular flexibility index (Phi) is 5.52. The van der Waals surface area contributed by atoms with E-state index in [1.165, 1.54) is 13.2 Å². The molecule has 0 amide bonds. The number of ether oxygens (including phenoxy) is 1. The van der Waals surface area contributed by atoms with Gasteiger partial charge in [0.2, 0.25) is 10.0 Å². The van der Waals surface area contributed by atoms with Gasteiger partial charge in [-0.25, -0.2) is 17.9 Å². The molecule has 0 spiro atoms. The summed E-state index contributed by atoms with van der Waals surface area (Å²) in [5, 5.41) is 2.85. The number of hydrogen-bond acceptors (Lipinski definition) is 5. The average molecular weight is 300 g/mol. The Bertz CT molecular complexity index is 569. The van der Waals surface area contributed by atoms with Gasteiger partial charge in [0.05, 0.1) is 12.8 Å². The molecule has 0 aromatic heterocycles. The highest BCUT2D eigenvalue weighted by molar-refractivity contribution is 7.89. The third kappa shape index (κ3) is 4.21. The van der Waals surface area contributed by atoms with Gasteiger partial charge in [-0.1, -0.05) is 12.1 Å². The molecule has 112 valence electrons. The summed E-state index contributed by atoms with van der Waals surface area (Å²) < 4.78 is 31.6. The summed E-state index contributed by atoms with van der Waals surface area (Å²) in [5.41, 5.74) is 0.360. The van der Waals surface area contributed by atoms with Crippen molar-refractivity contribution in [2.24, 2.45) is 0 Å². The molecule has 0 bridgehead atoms. The van der Waals surface area contributed by atoms with Crippen molar-refractivity contribution in [2.75, 3.05) is 12.4 Å². The number of hydrogen-bond donors (Lipinski definition) is 2. The topological polar surface area (TPSA) is 84.5 Å². The second-order valence-electron chi connectivity index (χ2n) is 4.66. The Morgan fingerprint density at radius 1 is 1.20 bits per heavy atom. The van der Waals surface area contributed by atoms with Crippen LogP contribution in [0.15, 0.2) is 29.2 Å². The summed E-state index contributed by atoms with van der Waals surface area (Å²) in [6.07, 6.45) is 0. The highest BCUT2D eigenvalue weighted by Crippen LogP contribution is 2.21. The van der Waals surface area contributed by atoms with Gasteiger partial charge in [-0.3, -0.25) is 0 Å². The van der Waals surface area contributed by atoms with Crippen LogP contribution in [0.5, 0.6) is 0 Å². The number of rotatable bonds is 6. The fourth-order valence-corrected chi connectivity index (χ4v) is 3.08. The van der Waals surface area contributed by atoms with Gasteiger partial charge < -0.3 is 10.1 Å². The van der Waals surface area contributed by atoms with Gasteiger partial charge in [0, 0.05) is 6.04 Å². The number of nitrogens with one attached hydrogen (secondary N) is 2. The summed E-state index contributed by atoms with van der Waals surface area (Å²) in [6, 6.07) is 5.55. The van der Waals surface area contributed by atoms with Gasteiger partial charge in [-0.05, 0) is 32.9 Å². The number of para-hydroxylation sites is 1. The molecule has 0 saturated heterocycles. The first kappa shape index (κ1) is 16.5. The van der Waals surface area contributed by atoms with E-state index >= 15 is 0 Å². The average Bonchev–Trinajstić information content (AvgIpc) is 2.36. The van der Waals surface area contributed by atoms with Gasteiger partial charge >= 0.3 is 5.97 Å². The van der Waals surface area contributed by atoms with Crippen LogP contribution in [-0.4, -0.2) is 33.6 Å². The lowest BCUT2D eigenvalue weighted by Gasteiger charge is -2.17. The largest absolute Gasteiger partial charge is 0.467 e. The van der Waals surface area contributed by atoms with Crippen molar-refractivity contribution in [1.29, 1.82) is 0 Å². The first-order valence-electron chi connectivity index (χ1n) is 6.23. The fourth-order valence-electron chi connectivity index (χ4n) is 1.66. The fraction of sp³-hybridized carbons (Fsp3) is 0.462. The van der Waals surface area contributed by atoms with Crippen molar-refractivity contribution in [3.8, 4) is 0 Å². The lowest BCUT2D eigenvalue weighted by molar-refractivity contribution is -0.141. The molecule has 0 radical (unpaired) electrons. The van der Waals surface area contributed by atoms with Crippen LogP contribution in [-0.2, 0) is 19.6 Å². The molecule has 0 heterocycles. The normalized spacial score (nSPS) is 13.1. The van der Waals surface area contributed by atoms with Crippen molar-refractivity contribution >= 4 is 21.7 Å². The maximum atomic E-state index is 12.2. The Morgan fingerprint density at radius 3 is 2.35 bits per heavy atom. The number of carbonyl (C=O) groups excluding carboxylic acids is 1. The molecule has 1 atom stereocenters. The first-order valence-corrected chi connectivity index (χ1v) is 7.72. The van der Waals surface area contributed by atoms with Crippen molar-refractivity contribution in [3.63, 3.8) is 0 Å². The first-order chi connectivity index (χ1) is 9.27. The monoisotopic (exact) mass is 300 g/mol. The Hall–Kier alpha value is -1.60. The Labute approximate surface area is 119 Å². The van der Waals surface area contributed by atoms with Gasteiger partial charge in [-0.2, -0.15) is 0 Å². The molecule has 1 rings (SSSR count). The predicted octanol–water partition coefficient (Wildman–Crippen LogP) is 1.35. The zero-order valence-electron chi connectivity index (χ0n) is 12.0. The Balaban J connectivity index is 3.08. The lowest BCUT2D eigenvalue weighted by Crippen LogP contribution is -2.32. The molecule has 20 heavy (non-hydrogen) atoms. The number of esters is 1. The summed E-state index contributed by atoms with van der Waals surface area (Å²) in [4.78, 5) is 11.5. The summed E-state index contributed by atoms with van der Waals surface area (Å²) in [5.74, 6) is -0.464. The molecule has 0 saturated carbocycles. The molecular weight excluding hydrogens is 280 g/mol. The van der Waals surface area contributed by atoms with Crippen molar-refractivity contribution in [3.05, 3.63) is 24.3 Å². The SMILES string of the molecule is COC(=O)C(C)Nc1ccccc1S(=O)(=O)NC(C)C. The molecule has 6 nitrogen and oxygen atoms in total. The molecule has 1 aromatic carbocycles. The van der Waals surface area contributed by atoms with Crippen LogP contribution in [0.25, 0.3) is 0 Å². The van der Waals surface area contributed by atoms with E-state index in [2.05, 4.69) is 14.8 Å². The van der Waals surface area contributed by atoms with Crippen LogP contribution in [0.3, 0.4) is 0 Å². The quantitative estimate of drug-likeness (QED) is 0.775. The zero-order valence-corrected chi connectivity index (χ0v) is 12.8. The number of carbonyl (C=O) groups is 1. The minimum atomic E-state index is -3.63. The van der Waals surface area contributed by atoms with E-state index in [9.17, 15) is 13.2 Å². The van der Waals surface area contributed by atoms with E-state index in [1.54, 1.807) is 39.0 Å². The predicted molar refractivity (Wildman–Crippen MR) is 77.0 cm³/mol. The number of benzene rings is 1. The second kappa shape index (κ2) is 6.71. The number of methoxy groups -OCH3 is 1. The minimum absolute atomic E-state index is 0.101. The van der Waals surface area contributed by atoms with E-state index in [0.717, 1.165) is 0 Å². The standard InChI is InChI=1S/C13H20N2O4S/c1-9(2)15-20(17,18)12-8-6-5-7-11(12)14-10(3)13(16)19-4/h5-10,14-15H,1-4H3. The third-order valence-electron chi connectivity index (χ3n) is 2.49. The van der Waals surface area contributed by atoms with Gasteiger partial charge in [0.15, 0.2) is 0 Å². The van der Waals surface area contributed by atoms with Gasteiger partial charge in [0.25, 0.3) is 0 Å². The molecule has 7 heteroatoms. The lowest BCUT2D eigenvalue weighted by atomic mass is 10.2. The molecule has 0 aliphatic rings. The van der Waals surface area contributed by atoms with Crippen LogP contribution in [0, 0.1) is 0 Å². The molecule has 0 aliphatic carbocycles. The van der Waals surface area contributed by atoms with Crippen LogP contribution in [0.4, 0.5) is 5.69 Å². The molecule has 1 aromatic rings. The molecule has 2 N–H and O–H groups in total. The maximum absolute atomic E-state index is 12.2. The van der Waals surface area contributed by atoms with Gasteiger partial charge in [0.1, 0.15) is 10.9 Å². The van der Waals surface area contributed by atoms with Crippen LogP contribution in [0.2, 0.25) is 0 Å². The Morgan fingerprint density at radius 2 is 1.80 bits per heavy atom. The van der Waals surface area contributed by atoms with E-state index < -0.39 is 22.0 Å². The van der Waals surface area contributed by atoms with Crippen molar-refractivity contribution in [1.82, 2.24) is 4.72 Å². The maximum Gasteiger partial charge on any atom is 0.327 e. The summed E-state index contributed by atoms with van der Waals surface area (Å²) >= 11 is 0. The van der Waals surface area contributed by atoms with E-state index in [-0.39, 0.29) is 10.9 Å². The van der Waals surface area contributed by atoms with Gasteiger partial charge in [-0.15, -0.1) is 0 Å². The zero-order chi connectivity index (χ0) is 15.3. The summed E-state index contributed by atoms with van der Waals surface area (Å²) in [6.45, 7) is 5.08. The van der Waals surface area contributed by atoms with Crippen molar-refractivity contribution in [2.45, 2.75) is 37.8 Å².